The molecule has 2 aliphatic rings. The first kappa shape index (κ1) is 26.4. The number of ether oxygens (including phenoxy) is 1. The van der Waals surface area contributed by atoms with Crippen LogP contribution in [0.4, 0.5) is 0 Å². The van der Waals surface area contributed by atoms with Crippen LogP contribution in [0.3, 0.4) is 0 Å². The van der Waals surface area contributed by atoms with Gasteiger partial charge >= 0.3 is 0 Å². The largest absolute Gasteiger partial charge is 0.497 e. The van der Waals surface area contributed by atoms with Crippen molar-refractivity contribution < 1.29 is 22.5 Å². The molecule has 3 heterocycles. The molecule has 10 heteroatoms. The Hall–Kier alpha value is -2.69. The number of aryl methyl sites for hydroxylation is 1. The fourth-order valence-electron chi connectivity index (χ4n) is 5.08. The molecule has 0 unspecified atom stereocenters. The van der Waals surface area contributed by atoms with E-state index in [1.54, 1.807) is 26.2 Å². The normalized spacial score (nSPS) is 20.2. The summed E-state index contributed by atoms with van der Waals surface area (Å²) in [6.07, 6.45) is 6.67. The standard InChI is InChI=1S/C26H36N4O5S/c1-4-29-15-5-6-22(29)18-27-26(31)21-13-16-30(17-14-21)36(32,33)25-19(2)28-35-24(25)12-9-20-7-10-23(34-3)11-8-20/h7-12,21-22H,4-6,13-18H2,1-3H3,(H,27,31)/b12-9-/t22-/m1/s1. The van der Waals surface area contributed by atoms with Gasteiger partial charge in [-0.05, 0) is 69.5 Å². The fraction of sp³-hybridized carbons (Fsp3) is 0.538. The van der Waals surface area contributed by atoms with Crippen LogP contribution in [0.15, 0.2) is 33.7 Å². The Morgan fingerprint density at radius 3 is 2.56 bits per heavy atom. The van der Waals surface area contributed by atoms with Gasteiger partial charge in [0, 0.05) is 31.6 Å². The zero-order valence-electron chi connectivity index (χ0n) is 21.3. The lowest BCUT2D eigenvalue weighted by Crippen LogP contribution is -2.46. The summed E-state index contributed by atoms with van der Waals surface area (Å²) in [4.78, 5) is 15.2. The van der Waals surface area contributed by atoms with E-state index in [4.69, 9.17) is 9.26 Å². The van der Waals surface area contributed by atoms with Gasteiger partial charge in [-0.1, -0.05) is 30.3 Å². The van der Waals surface area contributed by atoms with Crippen molar-refractivity contribution >= 4 is 28.1 Å². The monoisotopic (exact) mass is 516 g/mol. The SMILES string of the molecule is CCN1CCC[C@@H]1CNC(=O)C1CCN(S(=O)(=O)c2c(C)noc2/C=C\c2ccc(OC)cc2)CC1. The van der Waals surface area contributed by atoms with Crippen LogP contribution in [0.2, 0.25) is 0 Å². The predicted octanol–water partition coefficient (Wildman–Crippen LogP) is 3.16. The molecular formula is C26H36N4O5S. The van der Waals surface area contributed by atoms with Crippen LogP contribution >= 0.6 is 0 Å². The number of piperidine rings is 1. The first-order chi connectivity index (χ1) is 17.3. The second-order valence-electron chi connectivity index (χ2n) is 9.42. The Morgan fingerprint density at radius 1 is 1.17 bits per heavy atom. The van der Waals surface area contributed by atoms with Crippen molar-refractivity contribution in [1.29, 1.82) is 0 Å². The van der Waals surface area contributed by atoms with Gasteiger partial charge in [-0.15, -0.1) is 0 Å². The topological polar surface area (TPSA) is 105 Å². The van der Waals surface area contributed by atoms with E-state index in [0.29, 0.717) is 31.1 Å². The maximum atomic E-state index is 13.5. The zero-order valence-corrected chi connectivity index (χ0v) is 22.1. The van der Waals surface area contributed by atoms with E-state index in [1.165, 1.54) is 10.7 Å². The Bertz CT molecular complexity index is 1170. The van der Waals surface area contributed by atoms with Crippen LogP contribution < -0.4 is 10.1 Å². The van der Waals surface area contributed by atoms with Crippen LogP contribution in [0.1, 0.15) is 49.6 Å². The number of carbonyl (C=O) groups is 1. The van der Waals surface area contributed by atoms with Crippen LogP contribution in [0.25, 0.3) is 12.2 Å². The summed E-state index contributed by atoms with van der Waals surface area (Å²) in [6.45, 7) is 7.10. The van der Waals surface area contributed by atoms with Crippen molar-refractivity contribution in [3.63, 3.8) is 0 Å². The molecule has 0 saturated carbocycles. The number of carbonyl (C=O) groups excluding carboxylic acids is 1. The Kier molecular flexibility index (Phi) is 8.48. The number of aromatic nitrogens is 1. The molecule has 1 atom stereocenters. The third kappa shape index (κ3) is 5.82. The lowest BCUT2D eigenvalue weighted by atomic mass is 9.97. The first-order valence-electron chi connectivity index (χ1n) is 12.6. The van der Waals surface area contributed by atoms with Crippen molar-refractivity contribution in [2.75, 3.05) is 39.8 Å². The Balaban J connectivity index is 1.37. The van der Waals surface area contributed by atoms with E-state index in [9.17, 15) is 13.2 Å². The van der Waals surface area contributed by atoms with E-state index in [0.717, 1.165) is 30.8 Å². The van der Waals surface area contributed by atoms with Gasteiger partial charge in [0.25, 0.3) is 0 Å². The highest BCUT2D eigenvalue weighted by Gasteiger charge is 2.36. The van der Waals surface area contributed by atoms with E-state index in [2.05, 4.69) is 22.3 Å². The average molecular weight is 517 g/mol. The summed E-state index contributed by atoms with van der Waals surface area (Å²) in [6, 6.07) is 7.80. The van der Waals surface area contributed by atoms with E-state index < -0.39 is 10.0 Å². The van der Waals surface area contributed by atoms with Gasteiger partial charge in [-0.2, -0.15) is 4.31 Å². The summed E-state index contributed by atoms with van der Waals surface area (Å²) < 4.78 is 39.0. The number of likely N-dealkylation sites (tertiary alicyclic amines) is 1. The molecule has 2 saturated heterocycles. The third-order valence-electron chi connectivity index (χ3n) is 7.22. The second-order valence-corrected chi connectivity index (χ2v) is 11.3. The number of benzene rings is 1. The maximum absolute atomic E-state index is 13.5. The summed E-state index contributed by atoms with van der Waals surface area (Å²) in [5.41, 5.74) is 1.20. The van der Waals surface area contributed by atoms with Gasteiger partial charge in [0.05, 0.1) is 7.11 Å². The minimum Gasteiger partial charge on any atom is -0.497 e. The number of hydrogen-bond donors (Lipinski definition) is 1. The summed E-state index contributed by atoms with van der Waals surface area (Å²) in [5, 5.41) is 7.02. The average Bonchev–Trinajstić information content (AvgIpc) is 3.52. The van der Waals surface area contributed by atoms with Crippen LogP contribution in [0.5, 0.6) is 5.75 Å². The van der Waals surface area contributed by atoms with Crippen molar-refractivity contribution in [2.45, 2.75) is 50.5 Å². The Morgan fingerprint density at radius 2 is 1.89 bits per heavy atom. The summed E-state index contributed by atoms with van der Waals surface area (Å²) in [5.74, 6) is 0.787. The van der Waals surface area contributed by atoms with E-state index in [1.807, 2.05) is 24.3 Å². The second kappa shape index (κ2) is 11.6. The summed E-state index contributed by atoms with van der Waals surface area (Å²) >= 11 is 0. The molecule has 36 heavy (non-hydrogen) atoms. The predicted molar refractivity (Wildman–Crippen MR) is 138 cm³/mol. The highest BCUT2D eigenvalue weighted by molar-refractivity contribution is 7.89. The highest BCUT2D eigenvalue weighted by atomic mass is 32.2. The van der Waals surface area contributed by atoms with Gasteiger partial charge in [0.2, 0.25) is 15.9 Å². The molecular weight excluding hydrogens is 480 g/mol. The van der Waals surface area contributed by atoms with Crippen molar-refractivity contribution in [3.8, 4) is 5.75 Å². The van der Waals surface area contributed by atoms with Crippen molar-refractivity contribution in [1.82, 2.24) is 19.7 Å². The van der Waals surface area contributed by atoms with Crippen LogP contribution in [0, 0.1) is 12.8 Å². The molecule has 0 radical (unpaired) electrons. The molecule has 1 amide bonds. The molecule has 1 N–H and O–H groups in total. The lowest BCUT2D eigenvalue weighted by molar-refractivity contribution is -0.126. The number of hydrogen-bond acceptors (Lipinski definition) is 7. The molecule has 1 aromatic heterocycles. The molecule has 2 fully saturated rings. The molecule has 2 aliphatic heterocycles. The maximum Gasteiger partial charge on any atom is 0.248 e. The quantitative estimate of drug-likeness (QED) is 0.546. The minimum absolute atomic E-state index is 0.0271. The number of nitrogens with one attached hydrogen (secondary N) is 1. The number of amides is 1. The third-order valence-corrected chi connectivity index (χ3v) is 9.27. The number of methoxy groups -OCH3 is 1. The molecule has 2 aromatic rings. The molecule has 0 bridgehead atoms. The highest BCUT2D eigenvalue weighted by Crippen LogP contribution is 2.29. The minimum atomic E-state index is -3.81. The molecule has 1 aromatic carbocycles. The number of sulfonamides is 1. The molecule has 0 aliphatic carbocycles. The van der Waals surface area contributed by atoms with Crippen molar-refractivity contribution in [2.24, 2.45) is 5.92 Å². The number of likely N-dealkylation sites (N-methyl/N-ethyl adjacent to an activating group) is 1. The van der Waals surface area contributed by atoms with Crippen LogP contribution in [-0.4, -0.2) is 74.6 Å². The van der Waals surface area contributed by atoms with Crippen LogP contribution in [-0.2, 0) is 14.8 Å². The van der Waals surface area contributed by atoms with E-state index >= 15 is 0 Å². The first-order valence-corrected chi connectivity index (χ1v) is 14.1. The van der Waals surface area contributed by atoms with E-state index in [-0.39, 0.29) is 35.6 Å². The van der Waals surface area contributed by atoms with Crippen molar-refractivity contribution in [3.05, 3.63) is 41.3 Å². The molecule has 0 spiro atoms. The zero-order chi connectivity index (χ0) is 25.7. The summed E-state index contributed by atoms with van der Waals surface area (Å²) in [7, 11) is -2.21. The number of nitrogens with zero attached hydrogens (tertiary/aromatic N) is 3. The molecule has 9 nitrogen and oxygen atoms in total. The smallest absolute Gasteiger partial charge is 0.248 e. The fourth-order valence-corrected chi connectivity index (χ4v) is 6.80. The molecule has 4 rings (SSSR count). The lowest BCUT2D eigenvalue weighted by Gasteiger charge is -2.31. The van der Waals surface area contributed by atoms with Gasteiger partial charge in [0.1, 0.15) is 11.4 Å². The molecule has 196 valence electrons. The van der Waals surface area contributed by atoms with Gasteiger partial charge in [-0.25, -0.2) is 8.42 Å². The van der Waals surface area contributed by atoms with Gasteiger partial charge < -0.3 is 14.6 Å². The van der Waals surface area contributed by atoms with Gasteiger partial charge in [-0.3, -0.25) is 9.69 Å². The number of rotatable bonds is 9. The van der Waals surface area contributed by atoms with Gasteiger partial charge in [0.15, 0.2) is 10.7 Å². The Labute approximate surface area is 213 Å².